The largest absolute Gasteiger partial charge is 0.316 e. The Hall–Kier alpha value is -1.86. The fraction of sp³-hybridized carbons (Fsp3) is 0.176. The van der Waals surface area contributed by atoms with Gasteiger partial charge in [0.15, 0.2) is 4.80 Å². The molecule has 3 aromatic rings. The van der Waals surface area contributed by atoms with E-state index in [9.17, 15) is 13.6 Å². The Kier molecular flexibility index (Phi) is 4.91. The van der Waals surface area contributed by atoms with Gasteiger partial charge in [-0.15, -0.1) is 0 Å². The smallest absolute Gasteiger partial charge is 0.285 e. The lowest BCUT2D eigenvalue weighted by atomic mass is 10.2. The van der Waals surface area contributed by atoms with Gasteiger partial charge in [-0.1, -0.05) is 40.3 Å². The van der Waals surface area contributed by atoms with Crippen LogP contribution in [0.5, 0.6) is 0 Å². The fourth-order valence-corrected chi connectivity index (χ4v) is 4.02. The number of carbonyl (C=O) groups excluding carboxylic acids is 1. The zero-order valence-corrected chi connectivity index (χ0v) is 15.1. The first-order chi connectivity index (χ1) is 11.5. The zero-order chi connectivity index (χ0) is 17.3. The Morgan fingerprint density at radius 2 is 1.96 bits per heavy atom. The predicted octanol–water partition coefficient (Wildman–Crippen LogP) is 4.89. The van der Waals surface area contributed by atoms with Gasteiger partial charge in [0.2, 0.25) is 0 Å². The van der Waals surface area contributed by atoms with E-state index in [1.807, 2.05) is 29.7 Å². The first kappa shape index (κ1) is 17.0. The molecule has 0 saturated carbocycles. The molecule has 3 nitrogen and oxygen atoms in total. The van der Waals surface area contributed by atoms with Crippen molar-refractivity contribution >= 4 is 43.4 Å². The number of benzene rings is 2. The number of carbonyl (C=O) groups is 1. The highest BCUT2D eigenvalue weighted by Gasteiger charge is 2.17. The van der Waals surface area contributed by atoms with Crippen molar-refractivity contribution in [1.29, 1.82) is 0 Å². The summed E-state index contributed by atoms with van der Waals surface area (Å²) < 4.78 is 31.3. The molecule has 0 saturated heterocycles. The van der Waals surface area contributed by atoms with Gasteiger partial charge >= 0.3 is 0 Å². The highest BCUT2D eigenvalue weighted by Crippen LogP contribution is 2.22. The number of thiazole rings is 1. The fourth-order valence-electron chi connectivity index (χ4n) is 2.42. The van der Waals surface area contributed by atoms with Gasteiger partial charge in [-0.2, -0.15) is 4.99 Å². The number of hydrogen-bond acceptors (Lipinski definition) is 2. The summed E-state index contributed by atoms with van der Waals surface area (Å²) in [7, 11) is 0. The van der Waals surface area contributed by atoms with Gasteiger partial charge < -0.3 is 4.57 Å². The van der Waals surface area contributed by atoms with Gasteiger partial charge in [-0.3, -0.25) is 4.79 Å². The molecule has 1 aromatic heterocycles. The zero-order valence-electron chi connectivity index (χ0n) is 12.7. The molecule has 124 valence electrons. The summed E-state index contributed by atoms with van der Waals surface area (Å²) in [6, 6.07) is 9.08. The van der Waals surface area contributed by atoms with Gasteiger partial charge in [-0.05, 0) is 36.8 Å². The van der Waals surface area contributed by atoms with Gasteiger partial charge in [0.25, 0.3) is 5.91 Å². The molecule has 0 aliphatic rings. The molecular formula is C17H13BrF2N2OS. The molecule has 0 aliphatic heterocycles. The molecule has 1 amide bonds. The molecule has 0 bridgehead atoms. The number of aromatic nitrogens is 1. The predicted molar refractivity (Wildman–Crippen MR) is 94.1 cm³/mol. The maximum absolute atomic E-state index is 13.8. The minimum absolute atomic E-state index is 0.428. The molecular weight excluding hydrogens is 398 g/mol. The average Bonchev–Trinajstić information content (AvgIpc) is 2.84. The number of aryl methyl sites for hydroxylation is 1. The van der Waals surface area contributed by atoms with Crippen LogP contribution in [0.3, 0.4) is 0 Å². The number of hydrogen-bond donors (Lipinski definition) is 0. The molecule has 0 unspecified atom stereocenters. The minimum Gasteiger partial charge on any atom is -0.316 e. The van der Waals surface area contributed by atoms with Crippen molar-refractivity contribution < 1.29 is 13.6 Å². The second-order valence-corrected chi connectivity index (χ2v) is 7.09. The van der Waals surface area contributed by atoms with E-state index in [2.05, 4.69) is 20.9 Å². The third-order valence-electron chi connectivity index (χ3n) is 3.47. The van der Waals surface area contributed by atoms with Gasteiger partial charge in [0.1, 0.15) is 17.2 Å². The molecule has 0 spiro atoms. The van der Waals surface area contributed by atoms with Crippen molar-refractivity contribution in [2.45, 2.75) is 19.9 Å². The van der Waals surface area contributed by atoms with E-state index in [4.69, 9.17) is 0 Å². The lowest BCUT2D eigenvalue weighted by molar-refractivity contribution is 0.0990. The number of fused-ring (bicyclic) bond motifs is 1. The lowest BCUT2D eigenvalue weighted by Gasteiger charge is -2.03. The van der Waals surface area contributed by atoms with E-state index in [1.54, 1.807) is 0 Å². The van der Waals surface area contributed by atoms with Crippen LogP contribution in [0, 0.1) is 11.6 Å². The van der Waals surface area contributed by atoms with Crippen molar-refractivity contribution in [3.8, 4) is 0 Å². The van der Waals surface area contributed by atoms with E-state index in [1.165, 1.54) is 17.4 Å². The lowest BCUT2D eigenvalue weighted by Crippen LogP contribution is -2.17. The molecule has 1 heterocycles. The van der Waals surface area contributed by atoms with E-state index >= 15 is 0 Å². The summed E-state index contributed by atoms with van der Waals surface area (Å²) in [5.41, 5.74) is 0.310. The Balaban J connectivity index is 2.19. The summed E-state index contributed by atoms with van der Waals surface area (Å²) in [6.45, 7) is 2.67. The quantitative estimate of drug-likeness (QED) is 0.604. The van der Waals surface area contributed by atoms with Crippen LogP contribution < -0.4 is 4.80 Å². The van der Waals surface area contributed by atoms with Crippen molar-refractivity contribution in [2.75, 3.05) is 0 Å². The van der Waals surface area contributed by atoms with Crippen LogP contribution in [0.1, 0.15) is 23.7 Å². The number of nitrogens with zero attached hydrogens (tertiary/aromatic N) is 2. The van der Waals surface area contributed by atoms with E-state index in [-0.39, 0.29) is 0 Å². The second kappa shape index (κ2) is 6.94. The normalized spacial score (nSPS) is 12.1. The topological polar surface area (TPSA) is 34.4 Å². The Morgan fingerprint density at radius 1 is 1.25 bits per heavy atom. The average molecular weight is 411 g/mol. The van der Waals surface area contributed by atoms with Crippen LogP contribution in [-0.2, 0) is 6.54 Å². The Bertz CT molecular complexity index is 974. The van der Waals surface area contributed by atoms with Crippen LogP contribution in [0.4, 0.5) is 8.78 Å². The third kappa shape index (κ3) is 3.18. The molecule has 3 rings (SSSR count). The molecule has 0 N–H and O–H groups in total. The summed E-state index contributed by atoms with van der Waals surface area (Å²) >= 11 is 4.73. The minimum atomic E-state index is -0.916. The standard InChI is InChI=1S/C17H13BrF2N2OS/c1-2-8-22-13-7-6-10(18)9-14(13)24-17(22)21-16(23)15-11(19)4-3-5-12(15)20/h3-7,9H,2,8H2,1H3. The summed E-state index contributed by atoms with van der Waals surface area (Å²) in [4.78, 5) is 16.7. The molecule has 0 fully saturated rings. The van der Waals surface area contributed by atoms with E-state index in [0.29, 0.717) is 11.3 Å². The Labute approximate surface area is 149 Å². The number of rotatable bonds is 3. The number of amides is 1. The van der Waals surface area contributed by atoms with Crippen molar-refractivity contribution in [3.63, 3.8) is 0 Å². The van der Waals surface area contributed by atoms with Crippen LogP contribution in [0.15, 0.2) is 45.9 Å². The van der Waals surface area contributed by atoms with Gasteiger partial charge in [0, 0.05) is 11.0 Å². The molecule has 0 radical (unpaired) electrons. The van der Waals surface area contributed by atoms with Crippen LogP contribution in [-0.4, -0.2) is 10.5 Å². The van der Waals surface area contributed by atoms with Crippen LogP contribution in [0.2, 0.25) is 0 Å². The van der Waals surface area contributed by atoms with Crippen LogP contribution >= 0.6 is 27.3 Å². The monoisotopic (exact) mass is 410 g/mol. The van der Waals surface area contributed by atoms with Crippen molar-refractivity contribution in [3.05, 3.63) is 62.9 Å². The molecule has 0 atom stereocenters. The highest BCUT2D eigenvalue weighted by atomic mass is 79.9. The number of halogens is 3. The first-order valence-corrected chi connectivity index (χ1v) is 8.94. The summed E-state index contributed by atoms with van der Waals surface area (Å²) in [5.74, 6) is -2.73. The SMILES string of the molecule is CCCn1c(=NC(=O)c2c(F)cccc2F)sc2cc(Br)ccc21. The molecule has 0 aliphatic carbocycles. The molecule has 7 heteroatoms. The van der Waals surface area contributed by atoms with Gasteiger partial charge in [-0.25, -0.2) is 8.78 Å². The Morgan fingerprint density at radius 3 is 2.62 bits per heavy atom. The molecule has 24 heavy (non-hydrogen) atoms. The summed E-state index contributed by atoms with van der Waals surface area (Å²) in [5, 5.41) is 0. The van der Waals surface area contributed by atoms with Gasteiger partial charge in [0.05, 0.1) is 10.2 Å². The van der Waals surface area contributed by atoms with E-state index < -0.39 is 23.1 Å². The van der Waals surface area contributed by atoms with Crippen molar-refractivity contribution in [2.24, 2.45) is 4.99 Å². The first-order valence-electron chi connectivity index (χ1n) is 7.33. The summed E-state index contributed by atoms with van der Waals surface area (Å²) in [6.07, 6.45) is 0.845. The highest BCUT2D eigenvalue weighted by molar-refractivity contribution is 9.10. The maximum Gasteiger partial charge on any atom is 0.285 e. The van der Waals surface area contributed by atoms with E-state index in [0.717, 1.165) is 33.2 Å². The molecule has 2 aromatic carbocycles. The maximum atomic E-state index is 13.8. The van der Waals surface area contributed by atoms with Crippen molar-refractivity contribution in [1.82, 2.24) is 4.57 Å². The van der Waals surface area contributed by atoms with Crippen LogP contribution in [0.25, 0.3) is 10.2 Å². The third-order valence-corrected chi connectivity index (χ3v) is 5.00. The second-order valence-electron chi connectivity index (χ2n) is 5.16.